The highest BCUT2D eigenvalue weighted by Crippen LogP contribution is 2.07. The molecule has 1 saturated heterocycles. The normalized spacial score (nSPS) is 21.1. The number of ketones is 2. The number of carboxylic acids is 1. The van der Waals surface area contributed by atoms with E-state index < -0.39 is 18.2 Å². The van der Waals surface area contributed by atoms with Gasteiger partial charge in [-0.3, -0.25) is 19.4 Å². The summed E-state index contributed by atoms with van der Waals surface area (Å²) in [6.07, 6.45) is -0.568. The van der Waals surface area contributed by atoms with Crippen LogP contribution in [0.15, 0.2) is 0 Å². The number of nitrogens with zero attached hydrogens (tertiary/aromatic N) is 3. The van der Waals surface area contributed by atoms with Gasteiger partial charge in [-0.2, -0.15) is 0 Å². The van der Waals surface area contributed by atoms with Crippen molar-refractivity contribution >= 4 is 17.5 Å². The molecule has 0 aromatic rings. The lowest BCUT2D eigenvalue weighted by Crippen LogP contribution is -2.53. The molecular weight excluding hydrogens is 274 g/mol. The highest BCUT2D eigenvalue weighted by molar-refractivity contribution is 6.35. The molecule has 0 amide bonds. The summed E-state index contributed by atoms with van der Waals surface area (Å²) in [5.41, 5.74) is 0. The molecule has 0 unspecified atom stereocenters. The van der Waals surface area contributed by atoms with E-state index in [2.05, 4.69) is 9.80 Å². The van der Waals surface area contributed by atoms with Crippen molar-refractivity contribution in [2.75, 3.05) is 67.0 Å². The summed E-state index contributed by atoms with van der Waals surface area (Å²) < 4.78 is 0.522. The molecule has 0 aliphatic carbocycles. The number of quaternary nitrogens is 1. The van der Waals surface area contributed by atoms with Gasteiger partial charge in [-0.25, -0.2) is 0 Å². The molecule has 0 aromatic carbocycles. The summed E-state index contributed by atoms with van der Waals surface area (Å²) in [5.74, 6) is -3.25. The van der Waals surface area contributed by atoms with E-state index >= 15 is 0 Å². The van der Waals surface area contributed by atoms with Crippen LogP contribution < -0.4 is 5.11 Å². The molecular formula is C14H25N3O4. The van der Waals surface area contributed by atoms with Gasteiger partial charge in [0.1, 0.15) is 12.5 Å². The van der Waals surface area contributed by atoms with Gasteiger partial charge in [0.2, 0.25) is 0 Å². The third-order valence-corrected chi connectivity index (χ3v) is 4.05. The lowest BCUT2D eigenvalue weighted by molar-refractivity contribution is -0.900. The van der Waals surface area contributed by atoms with Crippen LogP contribution in [0.4, 0.5) is 0 Å². The van der Waals surface area contributed by atoms with E-state index in [0.29, 0.717) is 4.48 Å². The summed E-state index contributed by atoms with van der Waals surface area (Å²) in [5, 5.41) is 10.4. The van der Waals surface area contributed by atoms with Crippen molar-refractivity contribution in [3.8, 4) is 0 Å². The number of likely N-dealkylation sites (N-methyl/N-ethyl adjacent to an activating group) is 3. The second-order valence-electron chi connectivity index (χ2n) is 6.26. The fourth-order valence-electron chi connectivity index (χ4n) is 2.39. The fraction of sp³-hybridized carbons (Fsp3) is 0.786. The van der Waals surface area contributed by atoms with Gasteiger partial charge in [0.05, 0.1) is 26.6 Å². The van der Waals surface area contributed by atoms with Crippen LogP contribution in [0.3, 0.4) is 0 Å². The second-order valence-corrected chi connectivity index (χ2v) is 6.26. The topological polar surface area (TPSA) is 80.8 Å². The molecule has 21 heavy (non-hydrogen) atoms. The molecule has 7 heteroatoms. The van der Waals surface area contributed by atoms with Gasteiger partial charge in [-0.05, 0) is 14.1 Å². The van der Waals surface area contributed by atoms with E-state index in [-0.39, 0.29) is 12.3 Å². The van der Waals surface area contributed by atoms with Crippen LogP contribution >= 0.6 is 0 Å². The summed E-state index contributed by atoms with van der Waals surface area (Å²) in [4.78, 5) is 37.8. The van der Waals surface area contributed by atoms with Crippen molar-refractivity contribution in [1.29, 1.82) is 0 Å². The molecule has 1 heterocycles. The molecule has 0 N–H and O–H groups in total. The largest absolute Gasteiger partial charge is 0.542 e. The molecule has 0 aromatic heterocycles. The SMILES string of the molecule is CN1CCN(C)CC[N+](C)(CC(=O)CC(=O)C(=O)[O-])CC1. The Morgan fingerprint density at radius 2 is 1.48 bits per heavy atom. The van der Waals surface area contributed by atoms with E-state index in [9.17, 15) is 19.5 Å². The number of carboxylic acid groups (broad SMARTS) is 1. The number of Topliss-reactive ketones (excluding diaryl/α,β-unsaturated/α-hetero) is 2. The maximum absolute atomic E-state index is 11.9. The third kappa shape index (κ3) is 6.33. The van der Waals surface area contributed by atoms with Gasteiger partial charge < -0.3 is 14.4 Å². The smallest absolute Gasteiger partial charge is 0.194 e. The molecule has 1 aliphatic heterocycles. The van der Waals surface area contributed by atoms with Crippen LogP contribution in [0.2, 0.25) is 0 Å². The van der Waals surface area contributed by atoms with E-state index in [1.807, 2.05) is 21.1 Å². The zero-order valence-electron chi connectivity index (χ0n) is 13.1. The lowest BCUT2D eigenvalue weighted by atomic mass is 10.1. The van der Waals surface area contributed by atoms with Gasteiger partial charge in [-0.15, -0.1) is 0 Å². The highest BCUT2D eigenvalue weighted by atomic mass is 16.4. The zero-order valence-corrected chi connectivity index (χ0v) is 13.1. The maximum Gasteiger partial charge on any atom is 0.194 e. The Balaban J connectivity index is 2.65. The van der Waals surface area contributed by atoms with E-state index in [1.54, 1.807) is 0 Å². The van der Waals surface area contributed by atoms with Gasteiger partial charge in [-0.1, -0.05) is 0 Å². The minimum absolute atomic E-state index is 0.181. The first-order chi connectivity index (χ1) is 9.72. The number of hydrogen-bond acceptors (Lipinski definition) is 6. The molecule has 1 aliphatic rings. The first-order valence-electron chi connectivity index (χ1n) is 7.18. The predicted octanol–water partition coefficient (Wildman–Crippen LogP) is -2.41. The standard InChI is InChI=1S/C14H25N3O4/c1-15-4-5-16(2)7-9-17(3,8-6-15)11-12(18)10-13(19)14(20)21/h4-11H2,1-3H3. The van der Waals surface area contributed by atoms with Crippen molar-refractivity contribution in [3.05, 3.63) is 0 Å². The van der Waals surface area contributed by atoms with Crippen molar-refractivity contribution in [2.45, 2.75) is 6.42 Å². The van der Waals surface area contributed by atoms with E-state index in [1.165, 1.54) is 0 Å². The van der Waals surface area contributed by atoms with Crippen LogP contribution in [0.1, 0.15) is 6.42 Å². The van der Waals surface area contributed by atoms with Gasteiger partial charge in [0.25, 0.3) is 0 Å². The average molecular weight is 299 g/mol. The van der Waals surface area contributed by atoms with E-state index in [4.69, 9.17) is 0 Å². The molecule has 0 spiro atoms. The summed E-state index contributed by atoms with van der Waals surface area (Å²) in [6, 6.07) is 0. The quantitative estimate of drug-likeness (QED) is 0.319. The number of aliphatic carboxylic acids is 1. The molecule has 1 fully saturated rings. The monoisotopic (exact) mass is 299 g/mol. The first kappa shape index (κ1) is 17.7. The maximum atomic E-state index is 11.9. The zero-order chi connectivity index (χ0) is 16.0. The highest BCUT2D eigenvalue weighted by Gasteiger charge is 2.28. The number of rotatable bonds is 5. The van der Waals surface area contributed by atoms with Crippen LogP contribution in [-0.4, -0.2) is 98.8 Å². The first-order valence-corrected chi connectivity index (χ1v) is 7.18. The van der Waals surface area contributed by atoms with Crippen molar-refractivity contribution in [2.24, 2.45) is 0 Å². The molecule has 120 valence electrons. The number of carbonyl (C=O) groups excluding carboxylic acids is 3. The predicted molar refractivity (Wildman–Crippen MR) is 75.4 cm³/mol. The Hall–Kier alpha value is -1.31. The molecule has 7 nitrogen and oxygen atoms in total. The number of hydrogen-bond donors (Lipinski definition) is 0. The Labute approximate surface area is 125 Å². The Bertz CT molecular complexity index is 397. The van der Waals surface area contributed by atoms with Crippen LogP contribution in [-0.2, 0) is 14.4 Å². The summed E-state index contributed by atoms with van der Waals surface area (Å²) in [7, 11) is 6.07. The fourth-order valence-corrected chi connectivity index (χ4v) is 2.39. The van der Waals surface area contributed by atoms with Crippen molar-refractivity contribution < 1.29 is 24.0 Å². The molecule has 1 rings (SSSR count). The lowest BCUT2D eigenvalue weighted by Gasteiger charge is -2.35. The van der Waals surface area contributed by atoms with E-state index in [0.717, 1.165) is 39.3 Å². The Morgan fingerprint density at radius 3 is 1.90 bits per heavy atom. The summed E-state index contributed by atoms with van der Waals surface area (Å²) in [6.45, 7) is 5.48. The minimum atomic E-state index is -1.78. The third-order valence-electron chi connectivity index (χ3n) is 4.05. The van der Waals surface area contributed by atoms with Crippen LogP contribution in [0.25, 0.3) is 0 Å². The van der Waals surface area contributed by atoms with Gasteiger partial charge in [0.15, 0.2) is 11.6 Å². The van der Waals surface area contributed by atoms with Gasteiger partial charge in [0, 0.05) is 26.2 Å². The second kappa shape index (κ2) is 7.63. The molecule has 0 bridgehead atoms. The minimum Gasteiger partial charge on any atom is -0.542 e. The van der Waals surface area contributed by atoms with Crippen molar-refractivity contribution in [3.63, 3.8) is 0 Å². The molecule has 0 saturated carbocycles. The summed E-state index contributed by atoms with van der Waals surface area (Å²) >= 11 is 0. The number of carbonyl (C=O) groups is 3. The van der Waals surface area contributed by atoms with Gasteiger partial charge >= 0.3 is 0 Å². The van der Waals surface area contributed by atoms with Crippen molar-refractivity contribution in [1.82, 2.24) is 9.80 Å². The van der Waals surface area contributed by atoms with Crippen LogP contribution in [0, 0.1) is 0 Å². The Morgan fingerprint density at radius 1 is 1.00 bits per heavy atom. The Kier molecular flexibility index (Phi) is 6.44. The molecule has 0 radical (unpaired) electrons. The average Bonchev–Trinajstić information content (AvgIpc) is 2.45. The molecule has 0 atom stereocenters. The van der Waals surface area contributed by atoms with Crippen LogP contribution in [0.5, 0.6) is 0 Å².